The zero-order chi connectivity index (χ0) is 15.7. The Kier molecular flexibility index (Phi) is 7.19. The van der Waals surface area contributed by atoms with Crippen molar-refractivity contribution in [1.29, 1.82) is 0 Å². The van der Waals surface area contributed by atoms with Crippen LogP contribution in [-0.2, 0) is 20.9 Å². The van der Waals surface area contributed by atoms with Gasteiger partial charge in [-0.05, 0) is 44.5 Å². The molecule has 1 rings (SSSR count). The number of carbonyl (C=O) groups is 1. The fraction of sp³-hybridized carbons (Fsp3) is 0.562. The number of carbonyl (C=O) groups excluding carboxylic acids is 1. The van der Waals surface area contributed by atoms with E-state index in [1.54, 1.807) is 14.2 Å². The van der Waals surface area contributed by atoms with Gasteiger partial charge in [0.15, 0.2) is 0 Å². The van der Waals surface area contributed by atoms with E-state index in [2.05, 4.69) is 5.32 Å². The molecule has 0 spiro atoms. The van der Waals surface area contributed by atoms with Gasteiger partial charge >= 0.3 is 5.97 Å². The van der Waals surface area contributed by atoms with Crippen LogP contribution in [0.3, 0.4) is 0 Å². The third-order valence-corrected chi connectivity index (χ3v) is 3.49. The summed E-state index contributed by atoms with van der Waals surface area (Å²) in [5, 5.41) is 3.01. The van der Waals surface area contributed by atoms with Crippen molar-refractivity contribution >= 4 is 5.97 Å². The van der Waals surface area contributed by atoms with E-state index in [-0.39, 0.29) is 5.97 Å². The molecule has 0 aliphatic carbocycles. The van der Waals surface area contributed by atoms with Gasteiger partial charge in [-0.3, -0.25) is 4.79 Å². The molecule has 0 heterocycles. The normalized spacial score (nSPS) is 13.5. The Balaban J connectivity index is 2.43. The van der Waals surface area contributed by atoms with Gasteiger partial charge < -0.3 is 19.5 Å². The molecule has 0 fully saturated rings. The third-order valence-electron chi connectivity index (χ3n) is 3.49. The van der Waals surface area contributed by atoms with E-state index in [1.807, 2.05) is 31.2 Å². The average molecular weight is 295 g/mol. The summed E-state index contributed by atoms with van der Waals surface area (Å²) in [4.78, 5) is 11.7. The van der Waals surface area contributed by atoms with Gasteiger partial charge in [-0.25, -0.2) is 0 Å². The maximum atomic E-state index is 11.7. The maximum Gasteiger partial charge on any atom is 0.325 e. The highest BCUT2D eigenvalue weighted by Gasteiger charge is 2.31. The summed E-state index contributed by atoms with van der Waals surface area (Å²) in [5.74, 6) is 0.556. The summed E-state index contributed by atoms with van der Waals surface area (Å²) in [5.41, 5.74) is 0.403. The van der Waals surface area contributed by atoms with Crippen molar-refractivity contribution in [2.24, 2.45) is 0 Å². The van der Waals surface area contributed by atoms with E-state index < -0.39 is 5.54 Å². The number of benzene rings is 1. The molecule has 1 aromatic rings. The fourth-order valence-corrected chi connectivity index (χ4v) is 2.06. The van der Waals surface area contributed by atoms with Crippen LogP contribution in [0.25, 0.3) is 0 Å². The molecule has 0 amide bonds. The minimum absolute atomic E-state index is 0.257. The molecular formula is C16H25NO4. The molecule has 1 unspecified atom stereocenters. The topological polar surface area (TPSA) is 56.8 Å². The Morgan fingerprint density at radius 3 is 2.71 bits per heavy atom. The van der Waals surface area contributed by atoms with Crippen molar-refractivity contribution in [1.82, 2.24) is 5.32 Å². The van der Waals surface area contributed by atoms with Crippen molar-refractivity contribution in [3.8, 4) is 5.75 Å². The third kappa shape index (κ3) is 5.36. The number of rotatable bonds is 9. The second kappa shape index (κ2) is 8.64. The van der Waals surface area contributed by atoms with Crippen LogP contribution in [0.2, 0.25) is 0 Å². The lowest BCUT2D eigenvalue weighted by Crippen LogP contribution is -2.48. The summed E-state index contributed by atoms with van der Waals surface area (Å²) in [6.07, 6.45) is 1.40. The summed E-state index contributed by atoms with van der Waals surface area (Å²) in [6, 6.07) is 7.80. The first-order chi connectivity index (χ1) is 10.1. The van der Waals surface area contributed by atoms with Crippen molar-refractivity contribution in [3.05, 3.63) is 29.8 Å². The molecular weight excluding hydrogens is 270 g/mol. The zero-order valence-corrected chi connectivity index (χ0v) is 13.3. The van der Waals surface area contributed by atoms with Crippen molar-refractivity contribution in [2.75, 3.05) is 27.9 Å². The lowest BCUT2D eigenvalue weighted by atomic mass is 9.96. The standard InChI is InChI=1S/C16H25NO4/c1-16(17-2,15(18)20-4)9-6-10-21-14-8-5-7-13(11-14)12-19-3/h5,7-8,11,17H,6,9-10,12H2,1-4H3. The summed E-state index contributed by atoms with van der Waals surface area (Å²) in [7, 11) is 4.82. The lowest BCUT2D eigenvalue weighted by molar-refractivity contribution is -0.148. The number of esters is 1. The van der Waals surface area contributed by atoms with Gasteiger partial charge in [0, 0.05) is 7.11 Å². The monoisotopic (exact) mass is 295 g/mol. The van der Waals surface area contributed by atoms with Crippen LogP contribution >= 0.6 is 0 Å². The second-order valence-corrected chi connectivity index (χ2v) is 5.11. The molecule has 5 nitrogen and oxygen atoms in total. The molecule has 21 heavy (non-hydrogen) atoms. The molecule has 0 aliphatic rings. The molecule has 1 atom stereocenters. The molecule has 0 saturated carbocycles. The molecule has 0 bridgehead atoms. The minimum atomic E-state index is -0.671. The molecule has 5 heteroatoms. The first-order valence-electron chi connectivity index (χ1n) is 7.03. The van der Waals surface area contributed by atoms with Crippen LogP contribution < -0.4 is 10.1 Å². The van der Waals surface area contributed by atoms with Gasteiger partial charge in [-0.1, -0.05) is 12.1 Å². The van der Waals surface area contributed by atoms with Crippen LogP contribution in [0.5, 0.6) is 5.75 Å². The van der Waals surface area contributed by atoms with Gasteiger partial charge in [-0.2, -0.15) is 0 Å². The van der Waals surface area contributed by atoms with Gasteiger partial charge in [-0.15, -0.1) is 0 Å². The predicted molar refractivity (Wildman–Crippen MR) is 81.4 cm³/mol. The van der Waals surface area contributed by atoms with Gasteiger partial charge in [0.2, 0.25) is 0 Å². The van der Waals surface area contributed by atoms with Crippen molar-refractivity contribution in [2.45, 2.75) is 31.9 Å². The van der Waals surface area contributed by atoms with Crippen LogP contribution in [-0.4, -0.2) is 39.4 Å². The molecule has 1 aromatic carbocycles. The SMILES string of the molecule is CNC(C)(CCCOc1cccc(COC)c1)C(=O)OC. The lowest BCUT2D eigenvalue weighted by Gasteiger charge is -2.25. The van der Waals surface area contributed by atoms with Gasteiger partial charge in [0.1, 0.15) is 11.3 Å². The first-order valence-corrected chi connectivity index (χ1v) is 7.03. The highest BCUT2D eigenvalue weighted by atomic mass is 16.5. The number of ether oxygens (including phenoxy) is 3. The highest BCUT2D eigenvalue weighted by Crippen LogP contribution is 2.17. The van der Waals surface area contributed by atoms with E-state index in [0.29, 0.717) is 19.6 Å². The van der Waals surface area contributed by atoms with E-state index >= 15 is 0 Å². The number of hydrogen-bond acceptors (Lipinski definition) is 5. The highest BCUT2D eigenvalue weighted by molar-refractivity contribution is 5.80. The van der Waals surface area contributed by atoms with Crippen LogP contribution in [0.1, 0.15) is 25.3 Å². The van der Waals surface area contributed by atoms with E-state index in [4.69, 9.17) is 14.2 Å². The van der Waals surface area contributed by atoms with Crippen molar-refractivity contribution < 1.29 is 19.0 Å². The molecule has 0 aromatic heterocycles. The molecule has 0 saturated heterocycles. The molecule has 118 valence electrons. The quantitative estimate of drug-likeness (QED) is 0.559. The minimum Gasteiger partial charge on any atom is -0.494 e. The number of methoxy groups -OCH3 is 2. The summed E-state index contributed by atoms with van der Waals surface area (Å²) >= 11 is 0. The Bertz CT molecular complexity index is 450. The molecule has 1 N–H and O–H groups in total. The summed E-state index contributed by atoms with van der Waals surface area (Å²) in [6.45, 7) is 2.94. The predicted octanol–water partition coefficient (Wildman–Crippen LogP) is 2.14. The fourth-order valence-electron chi connectivity index (χ4n) is 2.06. The zero-order valence-electron chi connectivity index (χ0n) is 13.3. The maximum absolute atomic E-state index is 11.7. The van der Waals surface area contributed by atoms with E-state index in [0.717, 1.165) is 17.7 Å². The van der Waals surface area contributed by atoms with Crippen LogP contribution in [0, 0.1) is 0 Å². The number of nitrogens with one attached hydrogen (secondary N) is 1. The van der Waals surface area contributed by atoms with E-state index in [9.17, 15) is 4.79 Å². The first kappa shape index (κ1) is 17.5. The number of likely N-dealkylation sites (N-methyl/N-ethyl adjacent to an activating group) is 1. The van der Waals surface area contributed by atoms with Gasteiger partial charge in [0.05, 0.1) is 20.3 Å². The second-order valence-electron chi connectivity index (χ2n) is 5.11. The molecule has 0 aliphatic heterocycles. The Morgan fingerprint density at radius 1 is 1.33 bits per heavy atom. The van der Waals surface area contributed by atoms with Crippen LogP contribution in [0.15, 0.2) is 24.3 Å². The Hall–Kier alpha value is -1.59. The Morgan fingerprint density at radius 2 is 2.10 bits per heavy atom. The van der Waals surface area contributed by atoms with Gasteiger partial charge in [0.25, 0.3) is 0 Å². The largest absolute Gasteiger partial charge is 0.494 e. The average Bonchev–Trinajstić information content (AvgIpc) is 2.51. The Labute approximate surface area is 126 Å². The smallest absolute Gasteiger partial charge is 0.325 e. The molecule has 0 radical (unpaired) electrons. The van der Waals surface area contributed by atoms with Crippen molar-refractivity contribution in [3.63, 3.8) is 0 Å². The van der Waals surface area contributed by atoms with E-state index in [1.165, 1.54) is 7.11 Å². The van der Waals surface area contributed by atoms with Crippen LogP contribution in [0.4, 0.5) is 0 Å². The summed E-state index contributed by atoms with van der Waals surface area (Å²) < 4.78 is 15.6. The number of hydrogen-bond donors (Lipinski definition) is 1.